The van der Waals surface area contributed by atoms with E-state index in [1.54, 1.807) is 0 Å². The van der Waals surface area contributed by atoms with Crippen molar-refractivity contribution in [3.8, 4) is 11.4 Å². The van der Waals surface area contributed by atoms with Crippen molar-refractivity contribution >= 4 is 0 Å². The van der Waals surface area contributed by atoms with Crippen molar-refractivity contribution in [1.29, 1.82) is 0 Å². The third-order valence-corrected chi connectivity index (χ3v) is 3.50. The molecule has 2 aromatic rings. The molecule has 0 spiro atoms. The highest BCUT2D eigenvalue weighted by Gasteiger charge is 2.34. The lowest BCUT2D eigenvalue weighted by molar-refractivity contribution is 0.222. The number of rotatable bonds is 3. The number of hydrogen-bond acceptors (Lipinski definition) is 4. The molecule has 1 aliphatic rings. The molecule has 19 heavy (non-hydrogen) atoms. The van der Waals surface area contributed by atoms with Gasteiger partial charge in [-0.1, -0.05) is 5.16 Å². The molecule has 2 N–H and O–H groups in total. The summed E-state index contributed by atoms with van der Waals surface area (Å²) in [5.74, 6) is -1.15. The molecule has 1 fully saturated rings. The van der Waals surface area contributed by atoms with E-state index in [1.165, 1.54) is 6.07 Å². The van der Waals surface area contributed by atoms with Crippen molar-refractivity contribution in [2.45, 2.75) is 31.2 Å². The van der Waals surface area contributed by atoms with Crippen molar-refractivity contribution in [1.82, 2.24) is 10.1 Å². The van der Waals surface area contributed by atoms with Crippen LogP contribution in [0.25, 0.3) is 11.4 Å². The summed E-state index contributed by atoms with van der Waals surface area (Å²) in [5.41, 5.74) is 6.22. The van der Waals surface area contributed by atoms with Gasteiger partial charge in [0, 0.05) is 17.5 Å². The average molecular weight is 265 g/mol. The molecule has 3 rings (SSSR count). The number of hydrogen-bond donors (Lipinski definition) is 1. The second-order valence-electron chi connectivity index (χ2n) is 5.03. The van der Waals surface area contributed by atoms with Crippen LogP contribution in [0.1, 0.15) is 25.2 Å². The zero-order valence-electron chi connectivity index (χ0n) is 10.2. The first-order valence-corrected chi connectivity index (χ1v) is 6.13. The smallest absolute Gasteiger partial charge is 0.228 e. The van der Waals surface area contributed by atoms with Crippen LogP contribution in [0.2, 0.25) is 0 Å². The Morgan fingerprint density at radius 2 is 2.05 bits per heavy atom. The standard InChI is InChI=1S/C13H13F2N3O/c14-9-3-2-8(6-10(9)15)12-17-11(19-18-12)7-13(16)4-1-5-13/h2-3,6H,1,4-5,7,16H2. The Balaban J connectivity index is 1.82. The topological polar surface area (TPSA) is 64.9 Å². The van der Waals surface area contributed by atoms with Gasteiger partial charge in [-0.25, -0.2) is 8.78 Å². The first-order chi connectivity index (χ1) is 9.06. The summed E-state index contributed by atoms with van der Waals surface area (Å²) < 4.78 is 31.1. The molecule has 0 bridgehead atoms. The minimum absolute atomic E-state index is 0.247. The minimum atomic E-state index is -0.932. The molecule has 0 atom stereocenters. The van der Waals surface area contributed by atoms with Crippen molar-refractivity contribution in [2.75, 3.05) is 0 Å². The number of nitrogens with zero attached hydrogens (tertiary/aromatic N) is 2. The summed E-state index contributed by atoms with van der Waals surface area (Å²) >= 11 is 0. The van der Waals surface area contributed by atoms with Crippen LogP contribution in [-0.2, 0) is 6.42 Å². The summed E-state index contributed by atoms with van der Waals surface area (Å²) in [5, 5.41) is 3.77. The summed E-state index contributed by atoms with van der Waals surface area (Å²) in [6, 6.07) is 3.50. The molecule has 1 saturated carbocycles. The van der Waals surface area contributed by atoms with E-state index in [2.05, 4.69) is 10.1 Å². The van der Waals surface area contributed by atoms with E-state index in [0.29, 0.717) is 17.9 Å². The number of benzene rings is 1. The van der Waals surface area contributed by atoms with Crippen LogP contribution in [0.3, 0.4) is 0 Å². The monoisotopic (exact) mass is 265 g/mol. The predicted octanol–water partition coefficient (Wildman–Crippen LogP) is 2.44. The Bertz CT molecular complexity index is 608. The Hall–Kier alpha value is -1.82. The van der Waals surface area contributed by atoms with Crippen molar-refractivity contribution < 1.29 is 13.3 Å². The molecular weight excluding hydrogens is 252 g/mol. The van der Waals surface area contributed by atoms with Crippen molar-refractivity contribution in [3.05, 3.63) is 35.7 Å². The van der Waals surface area contributed by atoms with Gasteiger partial charge in [0.25, 0.3) is 0 Å². The third kappa shape index (κ3) is 2.35. The summed E-state index contributed by atoms with van der Waals surface area (Å²) in [6.45, 7) is 0. The Morgan fingerprint density at radius 3 is 2.68 bits per heavy atom. The summed E-state index contributed by atoms with van der Waals surface area (Å²) in [7, 11) is 0. The number of aromatic nitrogens is 2. The first-order valence-electron chi connectivity index (χ1n) is 6.13. The van der Waals surface area contributed by atoms with E-state index in [-0.39, 0.29) is 11.4 Å². The van der Waals surface area contributed by atoms with Gasteiger partial charge in [0.15, 0.2) is 11.6 Å². The highest BCUT2D eigenvalue weighted by atomic mass is 19.2. The zero-order valence-corrected chi connectivity index (χ0v) is 10.2. The van der Waals surface area contributed by atoms with E-state index < -0.39 is 11.6 Å². The molecular formula is C13H13F2N3O. The van der Waals surface area contributed by atoms with Crippen LogP contribution in [0.15, 0.2) is 22.7 Å². The largest absolute Gasteiger partial charge is 0.339 e. The lowest BCUT2D eigenvalue weighted by atomic mass is 9.75. The molecule has 0 amide bonds. The first kappa shape index (κ1) is 12.2. The Labute approximate surface area is 108 Å². The normalized spacial score (nSPS) is 17.2. The average Bonchev–Trinajstić information content (AvgIpc) is 2.79. The van der Waals surface area contributed by atoms with Crippen LogP contribution < -0.4 is 5.73 Å². The molecule has 4 nitrogen and oxygen atoms in total. The van der Waals surface area contributed by atoms with Crippen molar-refractivity contribution in [3.63, 3.8) is 0 Å². The second kappa shape index (κ2) is 4.38. The lowest BCUT2D eigenvalue weighted by Gasteiger charge is -2.36. The Morgan fingerprint density at radius 1 is 1.26 bits per heavy atom. The Kier molecular flexibility index (Phi) is 2.82. The molecule has 0 unspecified atom stereocenters. The molecule has 1 aliphatic carbocycles. The van der Waals surface area contributed by atoms with E-state index in [0.717, 1.165) is 31.4 Å². The maximum absolute atomic E-state index is 13.1. The molecule has 1 aromatic carbocycles. The fourth-order valence-electron chi connectivity index (χ4n) is 2.19. The van der Waals surface area contributed by atoms with Crippen LogP contribution in [0.4, 0.5) is 8.78 Å². The van der Waals surface area contributed by atoms with Crippen molar-refractivity contribution in [2.24, 2.45) is 5.73 Å². The van der Waals surface area contributed by atoms with E-state index in [9.17, 15) is 8.78 Å². The van der Waals surface area contributed by atoms with Gasteiger partial charge in [0.2, 0.25) is 11.7 Å². The SMILES string of the molecule is NC1(Cc2nc(-c3ccc(F)c(F)c3)no2)CCC1. The highest BCUT2D eigenvalue weighted by molar-refractivity contribution is 5.54. The third-order valence-electron chi connectivity index (χ3n) is 3.50. The van der Waals surface area contributed by atoms with Gasteiger partial charge in [-0.05, 0) is 37.5 Å². The molecule has 1 aromatic heterocycles. The van der Waals surface area contributed by atoms with E-state index in [4.69, 9.17) is 10.3 Å². The van der Waals surface area contributed by atoms with Gasteiger partial charge in [-0.3, -0.25) is 0 Å². The minimum Gasteiger partial charge on any atom is -0.339 e. The fourth-order valence-corrected chi connectivity index (χ4v) is 2.19. The molecule has 0 aliphatic heterocycles. The van der Waals surface area contributed by atoms with Gasteiger partial charge in [-0.2, -0.15) is 4.98 Å². The maximum Gasteiger partial charge on any atom is 0.228 e. The van der Waals surface area contributed by atoms with Gasteiger partial charge < -0.3 is 10.3 Å². The number of halogens is 2. The molecule has 100 valence electrons. The van der Waals surface area contributed by atoms with E-state index >= 15 is 0 Å². The lowest BCUT2D eigenvalue weighted by Crippen LogP contribution is -2.48. The van der Waals surface area contributed by atoms with Crippen LogP contribution >= 0.6 is 0 Å². The molecule has 0 saturated heterocycles. The highest BCUT2D eigenvalue weighted by Crippen LogP contribution is 2.32. The van der Waals surface area contributed by atoms with Crippen LogP contribution in [0, 0.1) is 11.6 Å². The quantitative estimate of drug-likeness (QED) is 0.925. The molecule has 1 heterocycles. The van der Waals surface area contributed by atoms with Gasteiger partial charge in [-0.15, -0.1) is 0 Å². The van der Waals surface area contributed by atoms with Gasteiger partial charge in [0.05, 0.1) is 0 Å². The summed E-state index contributed by atoms with van der Waals surface area (Å²) in [6.07, 6.45) is 3.51. The maximum atomic E-state index is 13.1. The van der Waals surface area contributed by atoms with Crippen LogP contribution in [0.5, 0.6) is 0 Å². The van der Waals surface area contributed by atoms with Gasteiger partial charge >= 0.3 is 0 Å². The number of nitrogens with two attached hydrogens (primary N) is 1. The summed E-state index contributed by atoms with van der Waals surface area (Å²) in [4.78, 5) is 4.17. The van der Waals surface area contributed by atoms with E-state index in [1.807, 2.05) is 0 Å². The van der Waals surface area contributed by atoms with Crippen LogP contribution in [-0.4, -0.2) is 15.7 Å². The zero-order chi connectivity index (χ0) is 13.5. The predicted molar refractivity (Wildman–Crippen MR) is 64.1 cm³/mol. The second-order valence-corrected chi connectivity index (χ2v) is 5.03. The fraction of sp³-hybridized carbons (Fsp3) is 0.385. The molecule has 0 radical (unpaired) electrons. The molecule has 6 heteroatoms. The van der Waals surface area contributed by atoms with Gasteiger partial charge in [0.1, 0.15) is 0 Å².